The maximum atomic E-state index is 12.7. The molecule has 0 radical (unpaired) electrons. The van der Waals surface area contributed by atoms with E-state index >= 15 is 0 Å². The van der Waals surface area contributed by atoms with Crippen LogP contribution < -0.4 is 10.9 Å². The number of urea groups is 1. The lowest BCUT2D eigenvalue weighted by atomic mass is 10.1. The number of aromatic nitrogens is 3. The van der Waals surface area contributed by atoms with Crippen LogP contribution in [0.4, 0.5) is 10.5 Å². The van der Waals surface area contributed by atoms with Crippen molar-refractivity contribution in [2.45, 2.75) is 20.4 Å². The number of benzene rings is 2. The molecule has 0 saturated carbocycles. The summed E-state index contributed by atoms with van der Waals surface area (Å²) in [5, 5.41) is 8.25. The minimum Gasteiger partial charge on any atom is -0.322 e. The number of anilines is 1. The lowest BCUT2D eigenvalue weighted by molar-refractivity contribution is 0.142. The maximum Gasteiger partial charge on any atom is 0.321 e. The van der Waals surface area contributed by atoms with Gasteiger partial charge in [0.1, 0.15) is 5.01 Å². The second kappa shape index (κ2) is 9.36. The number of piperazine rings is 1. The van der Waals surface area contributed by atoms with E-state index < -0.39 is 0 Å². The molecule has 0 atom stereocenters. The van der Waals surface area contributed by atoms with Crippen molar-refractivity contribution >= 4 is 28.0 Å². The molecule has 174 valence electrons. The third-order valence-corrected chi connectivity index (χ3v) is 6.93. The summed E-state index contributed by atoms with van der Waals surface area (Å²) in [6.45, 7) is 7.29. The van der Waals surface area contributed by atoms with Gasteiger partial charge in [0.2, 0.25) is 4.96 Å². The van der Waals surface area contributed by atoms with Gasteiger partial charge in [-0.15, -0.1) is 0 Å². The van der Waals surface area contributed by atoms with Crippen LogP contribution in [0.25, 0.3) is 15.5 Å². The summed E-state index contributed by atoms with van der Waals surface area (Å²) < 4.78 is 1.38. The lowest BCUT2D eigenvalue weighted by Gasteiger charge is -2.34. The number of hydrogen-bond acceptors (Lipinski definition) is 6. The van der Waals surface area contributed by atoms with Crippen LogP contribution >= 0.6 is 11.3 Å². The van der Waals surface area contributed by atoms with E-state index in [0.29, 0.717) is 24.6 Å². The van der Waals surface area contributed by atoms with Gasteiger partial charge in [0.25, 0.3) is 5.56 Å². The van der Waals surface area contributed by atoms with Crippen molar-refractivity contribution in [1.29, 1.82) is 0 Å². The monoisotopic (exact) mass is 474 g/mol. The quantitative estimate of drug-likeness (QED) is 0.487. The highest BCUT2D eigenvalue weighted by atomic mass is 32.1. The molecule has 9 heteroatoms. The summed E-state index contributed by atoms with van der Waals surface area (Å²) in [7, 11) is 0. The molecule has 0 bridgehead atoms. The molecular weight excluding hydrogens is 448 g/mol. The third-order valence-electron chi connectivity index (χ3n) is 5.99. The highest BCUT2D eigenvalue weighted by Crippen LogP contribution is 2.27. The van der Waals surface area contributed by atoms with Gasteiger partial charge in [-0.1, -0.05) is 47.7 Å². The van der Waals surface area contributed by atoms with Crippen molar-refractivity contribution in [3.8, 4) is 10.6 Å². The van der Waals surface area contributed by atoms with Crippen LogP contribution in [-0.2, 0) is 6.54 Å². The summed E-state index contributed by atoms with van der Waals surface area (Å²) in [6.07, 6.45) is 0. The maximum absolute atomic E-state index is 12.7. The standard InChI is InChI=1S/C25H26N6O2S/c1-17-6-5-8-19(14-17)26-24(33)30-12-10-29(11-13-30)16-20-15-22(32)31-25(27-20)34-23(28-31)21-9-4-3-7-18(21)2/h3-9,14-15H,10-13,16H2,1-2H3,(H,26,33). The van der Waals surface area contributed by atoms with Crippen molar-refractivity contribution in [2.75, 3.05) is 31.5 Å². The van der Waals surface area contributed by atoms with E-state index in [2.05, 4.69) is 15.3 Å². The first-order valence-corrected chi connectivity index (χ1v) is 12.1. The Bertz CT molecular complexity index is 1400. The fourth-order valence-corrected chi connectivity index (χ4v) is 5.14. The second-order valence-electron chi connectivity index (χ2n) is 8.57. The SMILES string of the molecule is Cc1cccc(NC(=O)N2CCN(Cc3cc(=O)n4nc(-c5ccccc5C)sc4n3)CC2)c1. The fourth-order valence-electron chi connectivity index (χ4n) is 4.12. The molecule has 0 aliphatic carbocycles. The molecule has 3 heterocycles. The highest BCUT2D eigenvalue weighted by molar-refractivity contribution is 7.19. The normalized spacial score (nSPS) is 14.5. The molecule has 8 nitrogen and oxygen atoms in total. The smallest absolute Gasteiger partial charge is 0.321 e. The Balaban J connectivity index is 1.24. The number of aryl methyl sites for hydroxylation is 2. The van der Waals surface area contributed by atoms with Crippen LogP contribution in [-0.4, -0.2) is 56.6 Å². The average Bonchev–Trinajstić information content (AvgIpc) is 3.24. The van der Waals surface area contributed by atoms with Crippen molar-refractivity contribution < 1.29 is 4.79 Å². The highest BCUT2D eigenvalue weighted by Gasteiger charge is 2.22. The summed E-state index contributed by atoms with van der Waals surface area (Å²) >= 11 is 1.42. The van der Waals surface area contributed by atoms with Crippen LogP contribution in [0, 0.1) is 13.8 Å². The first-order valence-electron chi connectivity index (χ1n) is 11.3. The molecule has 1 saturated heterocycles. The number of rotatable bonds is 4. The molecule has 4 aromatic rings. The van der Waals surface area contributed by atoms with Gasteiger partial charge in [-0.05, 0) is 37.1 Å². The van der Waals surface area contributed by atoms with Crippen LogP contribution in [0.2, 0.25) is 0 Å². The molecule has 1 N–H and O–H groups in total. The van der Waals surface area contributed by atoms with Gasteiger partial charge in [-0.3, -0.25) is 9.69 Å². The van der Waals surface area contributed by atoms with E-state index in [9.17, 15) is 9.59 Å². The molecule has 2 aromatic carbocycles. The number of nitrogens with one attached hydrogen (secondary N) is 1. The van der Waals surface area contributed by atoms with Crippen molar-refractivity contribution in [3.63, 3.8) is 0 Å². The Hall–Kier alpha value is -3.56. The van der Waals surface area contributed by atoms with Crippen LogP contribution in [0.1, 0.15) is 16.8 Å². The van der Waals surface area contributed by atoms with Crippen LogP contribution in [0.3, 0.4) is 0 Å². The van der Waals surface area contributed by atoms with Crippen molar-refractivity contribution in [3.05, 3.63) is 81.8 Å². The zero-order valence-electron chi connectivity index (χ0n) is 19.2. The topological polar surface area (TPSA) is 82.8 Å². The molecular formula is C25H26N6O2S. The van der Waals surface area contributed by atoms with Gasteiger partial charge >= 0.3 is 6.03 Å². The Morgan fingerprint density at radius 2 is 1.82 bits per heavy atom. The average molecular weight is 475 g/mol. The largest absolute Gasteiger partial charge is 0.322 e. The van der Waals surface area contributed by atoms with E-state index in [1.165, 1.54) is 15.9 Å². The van der Waals surface area contributed by atoms with Gasteiger partial charge in [0, 0.05) is 50.0 Å². The van der Waals surface area contributed by atoms with Gasteiger partial charge in [-0.2, -0.15) is 9.61 Å². The molecule has 5 rings (SSSR count). The van der Waals surface area contributed by atoms with E-state index in [1.807, 2.05) is 67.3 Å². The molecule has 1 fully saturated rings. The Morgan fingerprint density at radius 3 is 2.59 bits per heavy atom. The molecule has 34 heavy (non-hydrogen) atoms. The first kappa shape index (κ1) is 22.2. The van der Waals surface area contributed by atoms with Gasteiger partial charge in [-0.25, -0.2) is 9.78 Å². The zero-order chi connectivity index (χ0) is 23.7. The first-order chi connectivity index (χ1) is 16.5. The molecule has 0 unspecified atom stereocenters. The Kier molecular flexibility index (Phi) is 6.12. The van der Waals surface area contributed by atoms with Crippen molar-refractivity contribution in [1.82, 2.24) is 24.4 Å². The lowest BCUT2D eigenvalue weighted by Crippen LogP contribution is -2.49. The van der Waals surface area contributed by atoms with Crippen molar-refractivity contribution in [2.24, 2.45) is 0 Å². The van der Waals surface area contributed by atoms with Gasteiger partial charge in [0.05, 0.1) is 5.69 Å². The number of nitrogens with zero attached hydrogens (tertiary/aromatic N) is 5. The second-order valence-corrected chi connectivity index (χ2v) is 9.52. The number of fused-ring (bicyclic) bond motifs is 1. The van der Waals surface area contributed by atoms with E-state index in [0.717, 1.165) is 46.2 Å². The minimum atomic E-state index is -0.174. The van der Waals surface area contributed by atoms with Gasteiger partial charge in [0.15, 0.2) is 0 Å². The Morgan fingerprint density at radius 1 is 1.03 bits per heavy atom. The van der Waals surface area contributed by atoms with Gasteiger partial charge < -0.3 is 10.2 Å². The number of carbonyl (C=O) groups excluding carboxylic acids is 1. The van der Waals surface area contributed by atoms with Crippen LogP contribution in [0.15, 0.2) is 59.4 Å². The predicted octanol–water partition coefficient (Wildman–Crippen LogP) is 3.78. The predicted molar refractivity (Wildman–Crippen MR) is 134 cm³/mol. The number of amides is 2. The van der Waals surface area contributed by atoms with E-state index in [1.54, 1.807) is 6.07 Å². The molecule has 2 amide bonds. The molecule has 1 aliphatic rings. The fraction of sp³-hybridized carbons (Fsp3) is 0.280. The molecule has 2 aromatic heterocycles. The zero-order valence-corrected chi connectivity index (χ0v) is 20.0. The number of carbonyl (C=O) groups is 1. The van der Waals surface area contributed by atoms with E-state index in [-0.39, 0.29) is 11.6 Å². The summed E-state index contributed by atoms with van der Waals surface area (Å²) in [5.74, 6) is 0. The van der Waals surface area contributed by atoms with Crippen LogP contribution in [0.5, 0.6) is 0 Å². The third kappa shape index (κ3) is 4.71. The molecule has 1 aliphatic heterocycles. The summed E-state index contributed by atoms with van der Waals surface area (Å²) in [5.41, 5.74) is 4.59. The summed E-state index contributed by atoms with van der Waals surface area (Å²) in [4.78, 5) is 34.7. The molecule has 0 spiro atoms. The summed E-state index contributed by atoms with van der Waals surface area (Å²) in [6, 6.07) is 17.3. The Labute approximate surface area is 201 Å². The van der Waals surface area contributed by atoms with E-state index in [4.69, 9.17) is 4.98 Å². The number of hydrogen-bond donors (Lipinski definition) is 1. The minimum absolute atomic E-state index is 0.0866.